The summed E-state index contributed by atoms with van der Waals surface area (Å²) in [4.78, 5) is 16.3. The summed E-state index contributed by atoms with van der Waals surface area (Å²) >= 11 is 0. The monoisotopic (exact) mass is 299 g/mol. The number of aromatic nitrogens is 4. The van der Waals surface area contributed by atoms with Gasteiger partial charge < -0.3 is 16.2 Å². The quantitative estimate of drug-likeness (QED) is 0.590. The highest BCUT2D eigenvalue weighted by molar-refractivity contribution is 5.85. The second-order valence-corrected chi connectivity index (χ2v) is 4.44. The molecular formula is C13H13N7O2. The lowest BCUT2D eigenvalue weighted by Crippen LogP contribution is -2.21. The van der Waals surface area contributed by atoms with E-state index in [-0.39, 0.29) is 22.8 Å². The van der Waals surface area contributed by atoms with Crippen LogP contribution in [0, 0.1) is 0 Å². The molecule has 0 amide bonds. The number of nitrogens with zero attached hydrogens (tertiary/aromatic N) is 4. The van der Waals surface area contributed by atoms with Crippen molar-refractivity contribution in [2.45, 2.75) is 0 Å². The predicted molar refractivity (Wildman–Crippen MR) is 83.0 cm³/mol. The maximum absolute atomic E-state index is 12.3. The molecule has 0 atom stereocenters. The molecule has 2 aromatic heterocycles. The SMILES string of the molecule is COc1ccc(/C=N/n2c(N)nc3n[nH]c(N)c3c2=O)cc1. The first kappa shape index (κ1) is 13.6. The number of hydrogen-bond acceptors (Lipinski definition) is 7. The first-order chi connectivity index (χ1) is 10.6. The summed E-state index contributed by atoms with van der Waals surface area (Å²) in [7, 11) is 1.58. The van der Waals surface area contributed by atoms with Crippen molar-refractivity contribution in [1.82, 2.24) is 19.9 Å². The van der Waals surface area contributed by atoms with Gasteiger partial charge in [-0.05, 0) is 29.8 Å². The third-order valence-corrected chi connectivity index (χ3v) is 3.06. The van der Waals surface area contributed by atoms with Gasteiger partial charge >= 0.3 is 0 Å². The highest BCUT2D eigenvalue weighted by Crippen LogP contribution is 2.13. The van der Waals surface area contributed by atoms with E-state index in [1.165, 1.54) is 6.21 Å². The van der Waals surface area contributed by atoms with E-state index in [2.05, 4.69) is 20.3 Å². The van der Waals surface area contributed by atoms with Crippen molar-refractivity contribution in [2.24, 2.45) is 5.10 Å². The number of nitrogens with one attached hydrogen (secondary N) is 1. The second kappa shape index (κ2) is 5.20. The predicted octanol–water partition coefficient (Wildman–Crippen LogP) is 0.175. The van der Waals surface area contributed by atoms with E-state index >= 15 is 0 Å². The van der Waals surface area contributed by atoms with E-state index in [4.69, 9.17) is 16.2 Å². The molecule has 0 radical (unpaired) electrons. The van der Waals surface area contributed by atoms with Crippen LogP contribution in [0.15, 0.2) is 34.2 Å². The molecule has 9 nitrogen and oxygen atoms in total. The molecule has 0 saturated carbocycles. The normalized spacial score (nSPS) is 11.3. The highest BCUT2D eigenvalue weighted by Gasteiger charge is 2.13. The Bertz CT molecular complexity index is 909. The minimum atomic E-state index is -0.487. The molecule has 112 valence electrons. The van der Waals surface area contributed by atoms with Crippen molar-refractivity contribution >= 4 is 29.0 Å². The molecule has 0 fully saturated rings. The van der Waals surface area contributed by atoms with Crippen LogP contribution in [0.5, 0.6) is 5.75 Å². The van der Waals surface area contributed by atoms with Gasteiger partial charge in [0.1, 0.15) is 17.0 Å². The van der Waals surface area contributed by atoms with Gasteiger partial charge in [0.2, 0.25) is 5.95 Å². The van der Waals surface area contributed by atoms with Gasteiger partial charge in [-0.25, -0.2) is 0 Å². The summed E-state index contributed by atoms with van der Waals surface area (Å²) < 4.78 is 6.04. The molecule has 0 aliphatic rings. The van der Waals surface area contributed by atoms with Crippen molar-refractivity contribution in [3.05, 3.63) is 40.2 Å². The highest BCUT2D eigenvalue weighted by atomic mass is 16.5. The fourth-order valence-electron chi connectivity index (χ4n) is 1.93. The molecule has 0 unspecified atom stereocenters. The summed E-state index contributed by atoms with van der Waals surface area (Å²) in [5.74, 6) is 0.776. The second-order valence-electron chi connectivity index (χ2n) is 4.44. The summed E-state index contributed by atoms with van der Waals surface area (Å²) in [6, 6.07) is 7.15. The van der Waals surface area contributed by atoms with Gasteiger partial charge in [0.05, 0.1) is 13.3 Å². The van der Waals surface area contributed by atoms with Crippen LogP contribution in [0.1, 0.15) is 5.56 Å². The third-order valence-electron chi connectivity index (χ3n) is 3.06. The zero-order chi connectivity index (χ0) is 15.7. The van der Waals surface area contributed by atoms with Crippen molar-refractivity contribution in [3.8, 4) is 5.75 Å². The van der Waals surface area contributed by atoms with Crippen LogP contribution < -0.4 is 21.8 Å². The van der Waals surface area contributed by atoms with E-state index in [0.29, 0.717) is 0 Å². The Morgan fingerprint density at radius 3 is 2.73 bits per heavy atom. The van der Waals surface area contributed by atoms with Crippen LogP contribution in [-0.4, -0.2) is 33.2 Å². The number of H-pyrrole nitrogens is 1. The minimum Gasteiger partial charge on any atom is -0.497 e. The van der Waals surface area contributed by atoms with Gasteiger partial charge in [-0.15, -0.1) is 0 Å². The molecule has 0 aliphatic heterocycles. The molecule has 3 rings (SSSR count). The van der Waals surface area contributed by atoms with E-state index in [1.807, 2.05) is 0 Å². The minimum absolute atomic E-state index is 0.0752. The lowest BCUT2D eigenvalue weighted by atomic mass is 10.2. The van der Waals surface area contributed by atoms with E-state index in [1.54, 1.807) is 31.4 Å². The van der Waals surface area contributed by atoms with Gasteiger partial charge in [-0.3, -0.25) is 9.89 Å². The van der Waals surface area contributed by atoms with Gasteiger partial charge in [-0.2, -0.15) is 19.9 Å². The van der Waals surface area contributed by atoms with Crippen molar-refractivity contribution in [2.75, 3.05) is 18.6 Å². The summed E-state index contributed by atoms with van der Waals surface area (Å²) in [5.41, 5.74) is 11.8. The molecule has 0 saturated heterocycles. The van der Waals surface area contributed by atoms with Crippen LogP contribution in [0.3, 0.4) is 0 Å². The molecule has 0 spiro atoms. The maximum Gasteiger partial charge on any atom is 0.289 e. The molecule has 5 N–H and O–H groups in total. The van der Waals surface area contributed by atoms with Crippen molar-refractivity contribution in [1.29, 1.82) is 0 Å². The number of benzene rings is 1. The van der Waals surface area contributed by atoms with E-state index in [0.717, 1.165) is 16.0 Å². The number of hydrogen-bond donors (Lipinski definition) is 3. The largest absolute Gasteiger partial charge is 0.497 e. The van der Waals surface area contributed by atoms with Gasteiger partial charge in [-0.1, -0.05) is 0 Å². The Labute approximate surface area is 124 Å². The molecule has 2 heterocycles. The summed E-state index contributed by atoms with van der Waals surface area (Å²) in [6.07, 6.45) is 1.49. The van der Waals surface area contributed by atoms with Crippen LogP contribution in [0.2, 0.25) is 0 Å². The third kappa shape index (κ3) is 2.24. The molecule has 22 heavy (non-hydrogen) atoms. The van der Waals surface area contributed by atoms with E-state index < -0.39 is 5.56 Å². The average Bonchev–Trinajstić information content (AvgIpc) is 2.88. The fraction of sp³-hybridized carbons (Fsp3) is 0.0769. The Balaban J connectivity index is 2.04. The Hall–Kier alpha value is -3.36. The van der Waals surface area contributed by atoms with Gasteiger partial charge in [0, 0.05) is 0 Å². The maximum atomic E-state index is 12.3. The number of methoxy groups -OCH3 is 1. The van der Waals surface area contributed by atoms with Gasteiger partial charge in [0.15, 0.2) is 5.65 Å². The van der Waals surface area contributed by atoms with Gasteiger partial charge in [0.25, 0.3) is 5.56 Å². The number of fused-ring (bicyclic) bond motifs is 1. The molecule has 0 aliphatic carbocycles. The number of nitrogens with two attached hydrogens (primary N) is 2. The first-order valence-corrected chi connectivity index (χ1v) is 6.30. The first-order valence-electron chi connectivity index (χ1n) is 6.30. The topological polar surface area (TPSA) is 137 Å². The number of nitrogen functional groups attached to an aromatic ring is 2. The Morgan fingerprint density at radius 2 is 2.05 bits per heavy atom. The molecular weight excluding hydrogens is 286 g/mol. The number of aromatic amines is 1. The number of rotatable bonds is 3. The lowest BCUT2D eigenvalue weighted by molar-refractivity contribution is 0.415. The summed E-state index contributed by atoms with van der Waals surface area (Å²) in [5, 5.41) is 10.5. The van der Waals surface area contributed by atoms with Crippen LogP contribution in [0.25, 0.3) is 11.0 Å². The standard InChI is InChI=1S/C13H13N7O2/c1-22-8-4-2-7(3-5-8)6-16-20-12(21)9-10(14)18-19-11(9)17-13(20)15/h2-6H,1H3,(H5,14,15,17,18,19)/b16-6+. The Morgan fingerprint density at radius 1 is 1.32 bits per heavy atom. The number of ether oxygens (including phenoxy) is 1. The number of anilines is 2. The van der Waals surface area contributed by atoms with Crippen LogP contribution in [0.4, 0.5) is 11.8 Å². The molecule has 3 aromatic rings. The van der Waals surface area contributed by atoms with Crippen LogP contribution in [-0.2, 0) is 0 Å². The zero-order valence-electron chi connectivity index (χ0n) is 11.6. The fourth-order valence-corrected chi connectivity index (χ4v) is 1.93. The summed E-state index contributed by atoms with van der Waals surface area (Å²) in [6.45, 7) is 0. The van der Waals surface area contributed by atoms with E-state index in [9.17, 15) is 4.79 Å². The zero-order valence-corrected chi connectivity index (χ0v) is 11.6. The molecule has 9 heteroatoms. The molecule has 0 bridgehead atoms. The lowest BCUT2D eigenvalue weighted by Gasteiger charge is -2.02. The Kier molecular flexibility index (Phi) is 3.22. The molecule has 1 aromatic carbocycles. The van der Waals surface area contributed by atoms with Crippen molar-refractivity contribution in [3.63, 3.8) is 0 Å². The average molecular weight is 299 g/mol. The van der Waals surface area contributed by atoms with Crippen molar-refractivity contribution < 1.29 is 4.74 Å². The van der Waals surface area contributed by atoms with Crippen LogP contribution >= 0.6 is 0 Å². The smallest absolute Gasteiger partial charge is 0.289 e.